The summed E-state index contributed by atoms with van der Waals surface area (Å²) in [6.07, 6.45) is 1.48. The molecule has 0 amide bonds. The number of unbranched alkanes of at least 4 members (excludes halogenated alkanes) is 1. The van der Waals surface area contributed by atoms with Gasteiger partial charge in [0.25, 0.3) is 0 Å². The van der Waals surface area contributed by atoms with Crippen LogP contribution in [0.5, 0.6) is 0 Å². The van der Waals surface area contributed by atoms with Gasteiger partial charge in [-0.1, -0.05) is 24.3 Å². The van der Waals surface area contributed by atoms with Crippen LogP contribution in [0.4, 0.5) is 13.2 Å². The Hall–Kier alpha value is -1.29. The zero-order chi connectivity index (χ0) is 14.5. The van der Waals surface area contributed by atoms with Gasteiger partial charge in [0.2, 0.25) is 0 Å². The Morgan fingerprint density at radius 1 is 1.16 bits per heavy atom. The number of rotatable bonds is 5. The molecule has 0 saturated heterocycles. The number of benzene rings is 1. The van der Waals surface area contributed by atoms with Crippen LogP contribution in [0.3, 0.4) is 0 Å². The molecule has 0 N–H and O–H groups in total. The quantitative estimate of drug-likeness (QED) is 0.551. The van der Waals surface area contributed by atoms with Crippen molar-refractivity contribution in [1.29, 1.82) is 0 Å². The molecule has 0 bridgehead atoms. The summed E-state index contributed by atoms with van der Waals surface area (Å²) >= 11 is 0. The lowest BCUT2D eigenvalue weighted by Gasteiger charge is -2.22. The number of hydrogen-bond donors (Lipinski definition) is 0. The molecule has 0 saturated carbocycles. The molecule has 0 unspecified atom stereocenters. The molecule has 1 rings (SSSR count). The van der Waals surface area contributed by atoms with Gasteiger partial charge < -0.3 is 4.48 Å². The minimum atomic E-state index is -4.26. The zero-order valence-electron chi connectivity index (χ0n) is 11.4. The molecular weight excluding hydrogens is 251 g/mol. The molecule has 19 heavy (non-hydrogen) atoms. The zero-order valence-corrected chi connectivity index (χ0v) is 11.4. The Bertz CT molecular complexity index is 411. The van der Waals surface area contributed by atoms with Crippen LogP contribution < -0.4 is 0 Å². The van der Waals surface area contributed by atoms with E-state index in [1.807, 2.05) is 26.2 Å². The maximum Gasteiger partial charge on any atom is 0.416 e. The summed E-state index contributed by atoms with van der Waals surface area (Å²) in [5, 5.41) is 0. The lowest BCUT2D eigenvalue weighted by Crippen LogP contribution is -2.32. The first-order valence-electron chi connectivity index (χ1n) is 6.20. The second kappa shape index (κ2) is 6.24. The molecule has 0 aliphatic carbocycles. The van der Waals surface area contributed by atoms with Crippen LogP contribution in [-0.4, -0.2) is 25.1 Å². The number of quaternary nitrogens is 1. The molecule has 0 fully saturated rings. The average molecular weight is 271 g/mol. The van der Waals surface area contributed by atoms with Crippen molar-refractivity contribution in [3.63, 3.8) is 0 Å². The Kier molecular flexibility index (Phi) is 5.18. The Morgan fingerprint density at radius 2 is 1.74 bits per heavy atom. The topological polar surface area (TPSA) is 0 Å². The lowest BCUT2D eigenvalue weighted by atomic mass is 10.1. The van der Waals surface area contributed by atoms with Gasteiger partial charge in [0, 0.05) is 6.42 Å². The van der Waals surface area contributed by atoms with Gasteiger partial charge >= 0.3 is 6.18 Å². The number of alkyl halides is 3. The van der Waals surface area contributed by atoms with E-state index in [1.54, 1.807) is 0 Å². The SMILES string of the molecule is [CH2][N+](C)(C)CCC/C=C/c1ccc(C(F)(F)F)cc1. The monoisotopic (exact) mass is 271 g/mol. The first-order chi connectivity index (χ1) is 8.68. The standard InChI is InChI=1S/C15H20F3N/c1-19(2,3)12-6-4-5-7-13-8-10-14(11-9-13)15(16,17)18/h5,7-11H,1,4,6,12H2,2-3H3/q+1/b7-5+. The van der Waals surface area contributed by atoms with Gasteiger partial charge in [-0.25, -0.2) is 0 Å². The Balaban J connectivity index is 2.45. The summed E-state index contributed by atoms with van der Waals surface area (Å²) in [5.74, 6) is 0. The fraction of sp³-hybridized carbons (Fsp3) is 0.400. The van der Waals surface area contributed by atoms with E-state index in [4.69, 9.17) is 0 Å². The van der Waals surface area contributed by atoms with Crippen molar-refractivity contribution in [2.75, 3.05) is 20.6 Å². The highest BCUT2D eigenvalue weighted by atomic mass is 19.4. The van der Waals surface area contributed by atoms with Gasteiger partial charge in [0.05, 0.1) is 26.2 Å². The molecular formula is C15H20F3N+. The average Bonchev–Trinajstić information content (AvgIpc) is 2.26. The van der Waals surface area contributed by atoms with Crippen LogP contribution >= 0.6 is 0 Å². The Labute approximate surface area is 112 Å². The molecule has 0 aliphatic rings. The minimum absolute atomic E-state index is 0.610. The molecule has 1 aromatic carbocycles. The Morgan fingerprint density at radius 3 is 2.21 bits per heavy atom. The summed E-state index contributed by atoms with van der Waals surface area (Å²) < 4.78 is 37.7. The van der Waals surface area contributed by atoms with Crippen molar-refractivity contribution < 1.29 is 17.7 Å². The van der Waals surface area contributed by atoms with E-state index in [0.717, 1.165) is 37.1 Å². The largest absolute Gasteiger partial charge is 0.416 e. The van der Waals surface area contributed by atoms with Gasteiger partial charge in [-0.3, -0.25) is 0 Å². The molecule has 4 heteroatoms. The van der Waals surface area contributed by atoms with E-state index < -0.39 is 11.7 Å². The summed E-state index contributed by atoms with van der Waals surface area (Å²) in [6, 6.07) is 5.19. The van der Waals surface area contributed by atoms with Crippen LogP contribution in [-0.2, 0) is 6.18 Å². The third-order valence-corrected chi connectivity index (χ3v) is 2.68. The maximum atomic E-state index is 12.4. The van der Waals surface area contributed by atoms with Crippen LogP contribution in [0.2, 0.25) is 0 Å². The summed E-state index contributed by atoms with van der Waals surface area (Å²) in [7, 11) is 8.02. The van der Waals surface area contributed by atoms with E-state index in [0.29, 0.717) is 4.48 Å². The highest BCUT2D eigenvalue weighted by Crippen LogP contribution is 2.29. The van der Waals surface area contributed by atoms with E-state index in [2.05, 4.69) is 7.05 Å². The second-order valence-corrected chi connectivity index (χ2v) is 5.32. The van der Waals surface area contributed by atoms with Crippen molar-refractivity contribution in [1.82, 2.24) is 0 Å². The van der Waals surface area contributed by atoms with Crippen molar-refractivity contribution in [3.8, 4) is 0 Å². The molecule has 1 nitrogen and oxygen atoms in total. The molecule has 0 aromatic heterocycles. The molecule has 1 radical (unpaired) electrons. The van der Waals surface area contributed by atoms with Gasteiger partial charge in [0.1, 0.15) is 7.05 Å². The van der Waals surface area contributed by atoms with Crippen molar-refractivity contribution in [3.05, 3.63) is 48.5 Å². The number of nitrogens with zero attached hydrogens (tertiary/aromatic N) is 1. The molecule has 0 heterocycles. The predicted molar refractivity (Wildman–Crippen MR) is 72.0 cm³/mol. The molecule has 105 valence electrons. The first-order valence-corrected chi connectivity index (χ1v) is 6.20. The van der Waals surface area contributed by atoms with Crippen LogP contribution in [0.1, 0.15) is 24.0 Å². The minimum Gasteiger partial charge on any atom is -0.324 e. The molecule has 0 aliphatic heterocycles. The fourth-order valence-corrected chi connectivity index (χ4v) is 1.64. The molecule has 1 aromatic rings. The van der Waals surface area contributed by atoms with Gasteiger partial charge in [-0.15, -0.1) is 0 Å². The number of halogens is 3. The van der Waals surface area contributed by atoms with Crippen LogP contribution in [0, 0.1) is 7.05 Å². The highest BCUT2D eigenvalue weighted by Gasteiger charge is 2.29. The normalized spacial score (nSPS) is 13.2. The predicted octanol–water partition coefficient (Wildman–Crippen LogP) is 4.37. The van der Waals surface area contributed by atoms with Gasteiger partial charge in [-0.2, -0.15) is 13.2 Å². The molecule has 0 atom stereocenters. The van der Waals surface area contributed by atoms with Crippen molar-refractivity contribution in [2.24, 2.45) is 0 Å². The van der Waals surface area contributed by atoms with E-state index in [1.165, 1.54) is 12.1 Å². The van der Waals surface area contributed by atoms with Crippen LogP contribution in [0.15, 0.2) is 30.3 Å². The van der Waals surface area contributed by atoms with Crippen LogP contribution in [0.25, 0.3) is 6.08 Å². The summed E-state index contributed by atoms with van der Waals surface area (Å²) in [5.41, 5.74) is 0.178. The fourth-order valence-electron chi connectivity index (χ4n) is 1.64. The second-order valence-electron chi connectivity index (χ2n) is 5.32. The smallest absolute Gasteiger partial charge is 0.324 e. The van der Waals surface area contributed by atoms with Crippen molar-refractivity contribution >= 4 is 6.08 Å². The van der Waals surface area contributed by atoms with E-state index in [-0.39, 0.29) is 0 Å². The first kappa shape index (κ1) is 15.8. The highest BCUT2D eigenvalue weighted by molar-refractivity contribution is 5.49. The van der Waals surface area contributed by atoms with Gasteiger partial charge in [-0.05, 0) is 24.1 Å². The summed E-state index contributed by atoms with van der Waals surface area (Å²) in [6.45, 7) is 0.970. The number of allylic oxidation sites excluding steroid dienone is 1. The third-order valence-electron chi connectivity index (χ3n) is 2.68. The van der Waals surface area contributed by atoms with Gasteiger partial charge in [0.15, 0.2) is 0 Å². The van der Waals surface area contributed by atoms with E-state index >= 15 is 0 Å². The maximum absolute atomic E-state index is 12.4. The third kappa shape index (κ3) is 6.43. The molecule has 0 spiro atoms. The number of hydrogen-bond acceptors (Lipinski definition) is 0. The summed E-state index contributed by atoms with van der Waals surface area (Å²) in [4.78, 5) is 0. The van der Waals surface area contributed by atoms with E-state index in [9.17, 15) is 13.2 Å². The lowest BCUT2D eigenvalue weighted by molar-refractivity contribution is -0.845. The van der Waals surface area contributed by atoms with Crippen molar-refractivity contribution in [2.45, 2.75) is 19.0 Å².